The first kappa shape index (κ1) is 11.8. The van der Waals surface area contributed by atoms with Crippen LogP contribution in [0, 0.1) is 34.0 Å². The smallest absolute Gasteiger partial charge is 0.329 e. The molecule has 16 heavy (non-hydrogen) atoms. The second-order valence-corrected chi connectivity index (χ2v) is 2.84. The predicted octanol–water partition coefficient (Wildman–Crippen LogP) is -1.82. The van der Waals surface area contributed by atoms with Crippen molar-refractivity contribution in [2.45, 2.75) is 0 Å². The van der Waals surface area contributed by atoms with Crippen LogP contribution in [0.15, 0.2) is 12.1 Å². The fraction of sp³-hybridized carbons (Fsp3) is 0. The average Bonchev–Trinajstić information content (AvgIpc) is 2.68. The number of hydrogen-bond donors (Lipinski definition) is 1. The minimum absolute atomic E-state index is 0. The monoisotopic (exact) mass is 200 g/mol. The first-order chi connectivity index (χ1) is 7.28. The third-order valence-corrected chi connectivity index (χ3v) is 1.97. The van der Waals surface area contributed by atoms with Crippen molar-refractivity contribution >= 4 is 11.0 Å². The van der Waals surface area contributed by atoms with Gasteiger partial charge in [-0.25, -0.2) is 4.98 Å². The Morgan fingerprint density at radius 1 is 1.00 bits per heavy atom. The maximum Gasteiger partial charge on any atom is 1.00 e. The van der Waals surface area contributed by atoms with Crippen LogP contribution in [-0.4, -0.2) is 9.97 Å². The third-order valence-electron chi connectivity index (χ3n) is 1.97. The standard InChI is InChI=1S/C10H3N5.Li/c11-3-6-1-8-9(2-7(6)4-12)15-10(5-13)14-8;/h1-2H,(H,14,15);/q;+1. The number of hydrogen-bond acceptors (Lipinski definition) is 4. The molecular formula is C10H3LiN5+. The van der Waals surface area contributed by atoms with E-state index in [0.29, 0.717) is 11.0 Å². The summed E-state index contributed by atoms with van der Waals surface area (Å²) in [6.07, 6.45) is 0. The fourth-order valence-electron chi connectivity index (χ4n) is 1.29. The molecule has 1 aromatic heterocycles. The van der Waals surface area contributed by atoms with Gasteiger partial charge < -0.3 is 4.98 Å². The molecule has 0 saturated heterocycles. The number of fused-ring (bicyclic) bond motifs is 1. The van der Waals surface area contributed by atoms with E-state index in [1.807, 2.05) is 18.2 Å². The maximum atomic E-state index is 8.77. The number of H-pyrrole nitrogens is 1. The second kappa shape index (κ2) is 4.52. The Hall–Kier alpha value is -2.24. The summed E-state index contributed by atoms with van der Waals surface area (Å²) in [5, 5.41) is 26.2. The average molecular weight is 200 g/mol. The molecule has 0 bridgehead atoms. The summed E-state index contributed by atoms with van der Waals surface area (Å²) >= 11 is 0. The molecule has 0 spiro atoms. The van der Waals surface area contributed by atoms with Gasteiger partial charge in [0.05, 0.1) is 22.2 Å². The van der Waals surface area contributed by atoms with Crippen LogP contribution in [0.25, 0.3) is 11.0 Å². The van der Waals surface area contributed by atoms with Gasteiger partial charge in [-0.05, 0) is 12.1 Å². The number of aromatic amines is 1. The molecule has 2 aromatic rings. The first-order valence-electron chi connectivity index (χ1n) is 4.02. The number of aromatic nitrogens is 2. The first-order valence-corrected chi connectivity index (χ1v) is 4.02. The molecule has 1 N–H and O–H groups in total. The number of nitriles is 3. The van der Waals surface area contributed by atoms with Crippen LogP contribution in [0.1, 0.15) is 17.0 Å². The van der Waals surface area contributed by atoms with Gasteiger partial charge in [-0.3, -0.25) is 0 Å². The summed E-state index contributed by atoms with van der Waals surface area (Å²) in [4.78, 5) is 6.68. The van der Waals surface area contributed by atoms with Gasteiger partial charge >= 0.3 is 18.9 Å². The molecule has 0 atom stereocenters. The summed E-state index contributed by atoms with van der Waals surface area (Å²) in [5.41, 5.74) is 1.64. The van der Waals surface area contributed by atoms with Gasteiger partial charge in [-0.2, -0.15) is 15.8 Å². The van der Waals surface area contributed by atoms with Crippen LogP contribution < -0.4 is 18.9 Å². The molecule has 6 heteroatoms. The largest absolute Gasteiger partial charge is 1.00 e. The zero-order valence-electron chi connectivity index (χ0n) is 8.44. The number of imidazole rings is 1. The van der Waals surface area contributed by atoms with Crippen LogP contribution in [-0.2, 0) is 0 Å². The Morgan fingerprint density at radius 3 is 2.19 bits per heavy atom. The van der Waals surface area contributed by atoms with Gasteiger partial charge in [-0.1, -0.05) is 0 Å². The summed E-state index contributed by atoms with van der Waals surface area (Å²) in [5.74, 6) is 0.170. The van der Waals surface area contributed by atoms with E-state index in [-0.39, 0.29) is 35.8 Å². The van der Waals surface area contributed by atoms with E-state index in [4.69, 9.17) is 15.8 Å². The summed E-state index contributed by atoms with van der Waals surface area (Å²) in [6.45, 7) is 0. The molecule has 1 aromatic carbocycles. The fourth-order valence-corrected chi connectivity index (χ4v) is 1.29. The zero-order valence-corrected chi connectivity index (χ0v) is 8.44. The molecule has 0 aliphatic heterocycles. The number of benzene rings is 1. The molecule has 0 fully saturated rings. The predicted molar refractivity (Wildman–Crippen MR) is 50.2 cm³/mol. The Kier molecular flexibility index (Phi) is 3.34. The van der Waals surface area contributed by atoms with Crippen LogP contribution in [0.3, 0.4) is 0 Å². The number of rotatable bonds is 0. The normalized spacial score (nSPS) is 8.56. The van der Waals surface area contributed by atoms with Crippen LogP contribution in [0.5, 0.6) is 0 Å². The molecule has 2 rings (SSSR count). The van der Waals surface area contributed by atoms with Crippen LogP contribution in [0.2, 0.25) is 0 Å². The van der Waals surface area contributed by atoms with Crippen LogP contribution in [0.4, 0.5) is 0 Å². The summed E-state index contributed by atoms with van der Waals surface area (Å²) < 4.78 is 0. The molecule has 0 radical (unpaired) electrons. The van der Waals surface area contributed by atoms with E-state index in [1.165, 1.54) is 12.1 Å². The molecular weight excluding hydrogens is 197 g/mol. The van der Waals surface area contributed by atoms with Crippen molar-refractivity contribution < 1.29 is 18.9 Å². The number of nitrogens with one attached hydrogen (secondary N) is 1. The van der Waals surface area contributed by atoms with Crippen molar-refractivity contribution in [3.63, 3.8) is 0 Å². The Bertz CT molecular complexity index is 614. The molecule has 0 amide bonds. The van der Waals surface area contributed by atoms with E-state index >= 15 is 0 Å². The molecule has 68 valence electrons. The van der Waals surface area contributed by atoms with Gasteiger partial charge in [0.1, 0.15) is 18.2 Å². The zero-order chi connectivity index (χ0) is 10.8. The van der Waals surface area contributed by atoms with Crippen LogP contribution >= 0.6 is 0 Å². The Balaban J connectivity index is 0.00000128. The van der Waals surface area contributed by atoms with Crippen molar-refractivity contribution in [2.24, 2.45) is 0 Å². The minimum atomic E-state index is 0. The van der Waals surface area contributed by atoms with Crippen molar-refractivity contribution in [2.75, 3.05) is 0 Å². The van der Waals surface area contributed by atoms with Crippen molar-refractivity contribution in [3.05, 3.63) is 29.1 Å². The van der Waals surface area contributed by atoms with E-state index in [2.05, 4.69) is 9.97 Å². The maximum absolute atomic E-state index is 8.77. The van der Waals surface area contributed by atoms with Crippen molar-refractivity contribution in [3.8, 4) is 18.2 Å². The Morgan fingerprint density at radius 2 is 1.62 bits per heavy atom. The molecule has 0 aliphatic rings. The number of nitrogens with zero attached hydrogens (tertiary/aromatic N) is 4. The van der Waals surface area contributed by atoms with Gasteiger partial charge in [-0.15, -0.1) is 0 Å². The van der Waals surface area contributed by atoms with Crippen molar-refractivity contribution in [1.82, 2.24) is 9.97 Å². The molecule has 0 aliphatic carbocycles. The van der Waals surface area contributed by atoms with E-state index in [9.17, 15) is 0 Å². The SMILES string of the molecule is N#Cc1nc2cc(C#N)c(C#N)cc2[nH]1.[Li+]. The van der Waals surface area contributed by atoms with Crippen molar-refractivity contribution in [1.29, 1.82) is 15.8 Å². The van der Waals surface area contributed by atoms with Gasteiger partial charge in [0.2, 0.25) is 5.82 Å². The van der Waals surface area contributed by atoms with Gasteiger partial charge in [0.25, 0.3) is 0 Å². The quantitative estimate of drug-likeness (QED) is 0.506. The topological polar surface area (TPSA) is 100 Å². The molecule has 5 nitrogen and oxygen atoms in total. The van der Waals surface area contributed by atoms with E-state index < -0.39 is 0 Å². The summed E-state index contributed by atoms with van der Waals surface area (Å²) in [6, 6.07) is 8.69. The second-order valence-electron chi connectivity index (χ2n) is 2.84. The van der Waals surface area contributed by atoms with E-state index in [1.54, 1.807) is 0 Å². The third kappa shape index (κ3) is 1.77. The van der Waals surface area contributed by atoms with Gasteiger partial charge in [0.15, 0.2) is 0 Å². The molecule has 0 saturated carbocycles. The summed E-state index contributed by atoms with van der Waals surface area (Å²) in [7, 11) is 0. The minimum Gasteiger partial charge on any atom is -0.329 e. The molecule has 0 unspecified atom stereocenters. The van der Waals surface area contributed by atoms with Gasteiger partial charge in [0, 0.05) is 0 Å². The molecule has 1 heterocycles. The van der Waals surface area contributed by atoms with E-state index in [0.717, 1.165) is 0 Å². The Labute approximate surface area is 103 Å².